The molecular formula is C23H24N4O5. The number of nitrogens with zero attached hydrogens (tertiary/aromatic N) is 4. The second-order valence-electron chi connectivity index (χ2n) is 7.69. The van der Waals surface area contributed by atoms with Crippen LogP contribution in [0.1, 0.15) is 12.5 Å². The van der Waals surface area contributed by atoms with Crippen LogP contribution in [0.3, 0.4) is 0 Å². The predicted octanol–water partition coefficient (Wildman–Crippen LogP) is 2.53. The van der Waals surface area contributed by atoms with Gasteiger partial charge < -0.3 is 14.5 Å². The Bertz CT molecular complexity index is 1090. The standard InChI is InChI=1S/C23H24N4O5/c1-3-32-19-6-4-5-18(15-19)26-22(28)20(16-7-9-17(10-8-16)27(30)31)21(23(26)29)25-13-11-24(2)12-14-25/h4-10,15H,3,11-14H2,1-2H3. The van der Waals surface area contributed by atoms with E-state index in [4.69, 9.17) is 4.74 Å². The van der Waals surface area contributed by atoms with Crippen LogP contribution in [0, 0.1) is 10.1 Å². The molecule has 0 unspecified atom stereocenters. The van der Waals surface area contributed by atoms with Gasteiger partial charge in [0, 0.05) is 44.4 Å². The number of amides is 2. The number of piperazine rings is 1. The van der Waals surface area contributed by atoms with Crippen molar-refractivity contribution in [3.8, 4) is 5.75 Å². The van der Waals surface area contributed by atoms with Gasteiger partial charge >= 0.3 is 0 Å². The van der Waals surface area contributed by atoms with Gasteiger partial charge in [-0.2, -0.15) is 0 Å². The monoisotopic (exact) mass is 436 g/mol. The van der Waals surface area contributed by atoms with Crippen molar-refractivity contribution in [2.75, 3.05) is 44.7 Å². The average Bonchev–Trinajstić information content (AvgIpc) is 3.05. The van der Waals surface area contributed by atoms with Crippen LogP contribution in [0.25, 0.3) is 5.57 Å². The van der Waals surface area contributed by atoms with Crippen LogP contribution in [-0.4, -0.2) is 66.4 Å². The molecule has 0 aromatic heterocycles. The molecule has 2 aliphatic heterocycles. The fourth-order valence-corrected chi connectivity index (χ4v) is 3.97. The molecule has 32 heavy (non-hydrogen) atoms. The van der Waals surface area contributed by atoms with E-state index in [0.29, 0.717) is 42.4 Å². The largest absolute Gasteiger partial charge is 0.494 e. The summed E-state index contributed by atoms with van der Waals surface area (Å²) in [6.45, 7) is 5.06. The number of hydrogen-bond donors (Lipinski definition) is 0. The Morgan fingerprint density at radius 3 is 2.31 bits per heavy atom. The third-order valence-electron chi connectivity index (χ3n) is 5.63. The maximum atomic E-state index is 13.6. The highest BCUT2D eigenvalue weighted by molar-refractivity contribution is 6.45. The van der Waals surface area contributed by atoms with Gasteiger partial charge in [0.05, 0.1) is 22.8 Å². The van der Waals surface area contributed by atoms with Crippen LogP contribution in [-0.2, 0) is 9.59 Å². The van der Waals surface area contributed by atoms with Crippen molar-refractivity contribution < 1.29 is 19.2 Å². The minimum atomic E-state index is -0.493. The van der Waals surface area contributed by atoms with E-state index in [2.05, 4.69) is 4.90 Å². The zero-order chi connectivity index (χ0) is 22.8. The van der Waals surface area contributed by atoms with Crippen molar-refractivity contribution >= 4 is 28.8 Å². The van der Waals surface area contributed by atoms with Gasteiger partial charge in [0.2, 0.25) is 0 Å². The van der Waals surface area contributed by atoms with E-state index in [-0.39, 0.29) is 11.3 Å². The number of ether oxygens (including phenoxy) is 1. The van der Waals surface area contributed by atoms with E-state index in [9.17, 15) is 19.7 Å². The number of likely N-dealkylation sites (N-methyl/N-ethyl adjacent to an activating group) is 1. The molecule has 2 heterocycles. The maximum absolute atomic E-state index is 13.6. The lowest BCUT2D eigenvalue weighted by atomic mass is 10.0. The Balaban J connectivity index is 1.78. The summed E-state index contributed by atoms with van der Waals surface area (Å²) in [5, 5.41) is 11.1. The van der Waals surface area contributed by atoms with Crippen LogP contribution >= 0.6 is 0 Å². The number of carbonyl (C=O) groups excluding carboxylic acids is 2. The molecule has 2 aromatic rings. The predicted molar refractivity (Wildman–Crippen MR) is 119 cm³/mol. The van der Waals surface area contributed by atoms with E-state index in [0.717, 1.165) is 18.0 Å². The molecule has 166 valence electrons. The highest BCUT2D eigenvalue weighted by Gasteiger charge is 2.43. The third-order valence-corrected chi connectivity index (χ3v) is 5.63. The Morgan fingerprint density at radius 2 is 1.69 bits per heavy atom. The van der Waals surface area contributed by atoms with Crippen molar-refractivity contribution in [2.45, 2.75) is 6.92 Å². The van der Waals surface area contributed by atoms with Crippen molar-refractivity contribution in [1.82, 2.24) is 9.80 Å². The number of benzene rings is 2. The molecule has 2 amide bonds. The molecular weight excluding hydrogens is 412 g/mol. The zero-order valence-electron chi connectivity index (χ0n) is 18.0. The maximum Gasteiger partial charge on any atom is 0.282 e. The molecule has 0 aliphatic carbocycles. The summed E-state index contributed by atoms with van der Waals surface area (Å²) in [4.78, 5) is 42.9. The number of nitro benzene ring substituents is 1. The van der Waals surface area contributed by atoms with Crippen LogP contribution in [0.4, 0.5) is 11.4 Å². The number of carbonyl (C=O) groups is 2. The van der Waals surface area contributed by atoms with Crippen LogP contribution in [0.15, 0.2) is 54.2 Å². The number of anilines is 1. The average molecular weight is 436 g/mol. The first-order valence-electron chi connectivity index (χ1n) is 10.4. The molecule has 1 saturated heterocycles. The van der Waals surface area contributed by atoms with Gasteiger partial charge in [0.25, 0.3) is 17.5 Å². The second-order valence-corrected chi connectivity index (χ2v) is 7.69. The second kappa shape index (κ2) is 8.80. The van der Waals surface area contributed by atoms with Gasteiger partial charge in [-0.15, -0.1) is 0 Å². The van der Waals surface area contributed by atoms with E-state index in [1.165, 1.54) is 24.3 Å². The highest BCUT2D eigenvalue weighted by atomic mass is 16.6. The fourth-order valence-electron chi connectivity index (χ4n) is 3.97. The van der Waals surface area contributed by atoms with E-state index in [1.807, 2.05) is 18.9 Å². The molecule has 1 fully saturated rings. The number of non-ortho nitro benzene ring substituents is 1. The SMILES string of the molecule is CCOc1cccc(N2C(=O)C(c3ccc([N+](=O)[O-])cc3)=C(N3CCN(C)CC3)C2=O)c1. The molecule has 0 saturated carbocycles. The Morgan fingerprint density at radius 1 is 1.00 bits per heavy atom. The molecule has 4 rings (SSSR count). The topological polar surface area (TPSA) is 96.2 Å². The van der Waals surface area contributed by atoms with Crippen molar-refractivity contribution in [3.05, 3.63) is 69.9 Å². The summed E-state index contributed by atoms with van der Waals surface area (Å²) >= 11 is 0. The van der Waals surface area contributed by atoms with Crippen LogP contribution in [0.5, 0.6) is 5.75 Å². The van der Waals surface area contributed by atoms with Gasteiger partial charge in [-0.1, -0.05) is 6.07 Å². The normalized spacial score (nSPS) is 17.3. The quantitative estimate of drug-likeness (QED) is 0.390. The van der Waals surface area contributed by atoms with Gasteiger partial charge in [0.1, 0.15) is 11.4 Å². The minimum absolute atomic E-state index is 0.0754. The Kier molecular flexibility index (Phi) is 5.91. The van der Waals surface area contributed by atoms with Gasteiger partial charge in [0.15, 0.2) is 0 Å². The van der Waals surface area contributed by atoms with Gasteiger partial charge in [-0.25, -0.2) is 4.90 Å². The van der Waals surface area contributed by atoms with Gasteiger partial charge in [-0.05, 0) is 43.8 Å². The van der Waals surface area contributed by atoms with Crippen molar-refractivity contribution in [3.63, 3.8) is 0 Å². The summed E-state index contributed by atoms with van der Waals surface area (Å²) in [5.41, 5.74) is 1.42. The molecule has 0 N–H and O–H groups in total. The smallest absolute Gasteiger partial charge is 0.282 e. The molecule has 0 atom stereocenters. The van der Waals surface area contributed by atoms with Crippen molar-refractivity contribution in [1.29, 1.82) is 0 Å². The molecule has 0 radical (unpaired) electrons. The summed E-state index contributed by atoms with van der Waals surface area (Å²) < 4.78 is 5.54. The van der Waals surface area contributed by atoms with Gasteiger partial charge in [-0.3, -0.25) is 19.7 Å². The minimum Gasteiger partial charge on any atom is -0.494 e. The molecule has 0 bridgehead atoms. The zero-order valence-corrected chi connectivity index (χ0v) is 18.0. The van der Waals surface area contributed by atoms with E-state index < -0.39 is 16.7 Å². The van der Waals surface area contributed by atoms with E-state index >= 15 is 0 Å². The van der Waals surface area contributed by atoms with E-state index in [1.54, 1.807) is 24.3 Å². The summed E-state index contributed by atoms with van der Waals surface area (Å²) in [5.74, 6) is -0.288. The lowest BCUT2D eigenvalue weighted by molar-refractivity contribution is -0.384. The molecule has 0 spiro atoms. The molecule has 9 nitrogen and oxygen atoms in total. The summed E-state index contributed by atoms with van der Waals surface area (Å²) in [7, 11) is 2.01. The van der Waals surface area contributed by atoms with Crippen molar-refractivity contribution in [2.24, 2.45) is 0 Å². The first-order valence-corrected chi connectivity index (χ1v) is 10.4. The number of imide groups is 1. The summed E-state index contributed by atoms with van der Waals surface area (Å²) in [6, 6.07) is 12.6. The first-order chi connectivity index (χ1) is 15.4. The summed E-state index contributed by atoms with van der Waals surface area (Å²) in [6.07, 6.45) is 0. The lowest BCUT2D eigenvalue weighted by Gasteiger charge is -2.34. The molecule has 9 heteroatoms. The highest BCUT2D eigenvalue weighted by Crippen LogP contribution is 2.36. The fraction of sp³-hybridized carbons (Fsp3) is 0.304. The van der Waals surface area contributed by atoms with Crippen LogP contribution < -0.4 is 9.64 Å². The number of rotatable bonds is 6. The Hall–Kier alpha value is -3.72. The Labute approximate surface area is 185 Å². The molecule has 2 aromatic carbocycles. The molecule has 2 aliphatic rings. The van der Waals surface area contributed by atoms with Crippen LogP contribution in [0.2, 0.25) is 0 Å². The number of hydrogen-bond acceptors (Lipinski definition) is 7. The lowest BCUT2D eigenvalue weighted by Crippen LogP contribution is -2.46. The third kappa shape index (κ3) is 3.94. The number of nitro groups is 1. The first kappa shape index (κ1) is 21.5.